The Morgan fingerprint density at radius 1 is 1.16 bits per heavy atom. The van der Waals surface area contributed by atoms with Gasteiger partial charge in [0, 0.05) is 31.7 Å². The largest absolute Gasteiger partial charge is 0.493 e. The van der Waals surface area contributed by atoms with Crippen LogP contribution in [0.15, 0.2) is 18.2 Å². The van der Waals surface area contributed by atoms with Crippen LogP contribution in [0.5, 0.6) is 11.5 Å². The first-order chi connectivity index (χ1) is 12.2. The molecule has 0 atom stereocenters. The minimum Gasteiger partial charge on any atom is -0.493 e. The van der Waals surface area contributed by atoms with Crippen LogP contribution in [0.4, 0.5) is 0 Å². The molecule has 0 saturated carbocycles. The third kappa shape index (κ3) is 4.20. The van der Waals surface area contributed by atoms with E-state index < -0.39 is 0 Å². The smallest absolute Gasteiger partial charge is 0.195 e. The van der Waals surface area contributed by atoms with Gasteiger partial charge in [0.05, 0.1) is 27.4 Å². The van der Waals surface area contributed by atoms with Crippen LogP contribution < -0.4 is 9.47 Å². The SMILES string of the molecule is COc1ccc(-c2n[nH]c(=S)n2CCCN2CCOCC2)cc1OC. The van der Waals surface area contributed by atoms with E-state index in [0.717, 1.165) is 57.2 Å². The van der Waals surface area contributed by atoms with Crippen molar-refractivity contribution in [2.24, 2.45) is 0 Å². The lowest BCUT2D eigenvalue weighted by Gasteiger charge is -2.26. The highest BCUT2D eigenvalue weighted by Gasteiger charge is 2.14. The van der Waals surface area contributed by atoms with Gasteiger partial charge in [-0.05, 0) is 36.8 Å². The van der Waals surface area contributed by atoms with Gasteiger partial charge >= 0.3 is 0 Å². The summed E-state index contributed by atoms with van der Waals surface area (Å²) in [5.74, 6) is 2.18. The van der Waals surface area contributed by atoms with Gasteiger partial charge in [0.2, 0.25) is 0 Å². The molecule has 1 aliphatic rings. The standard InChI is InChI=1S/C17H24N4O3S/c1-22-14-5-4-13(12-15(14)23-2)16-18-19-17(25)21(16)7-3-6-20-8-10-24-11-9-20/h4-5,12H,3,6-11H2,1-2H3,(H,19,25). The lowest BCUT2D eigenvalue weighted by atomic mass is 10.2. The van der Waals surface area contributed by atoms with Crippen LogP contribution in [0, 0.1) is 4.77 Å². The van der Waals surface area contributed by atoms with Crippen LogP contribution in [0.3, 0.4) is 0 Å². The summed E-state index contributed by atoms with van der Waals surface area (Å²) < 4.78 is 18.7. The predicted octanol–water partition coefficient (Wildman–Crippen LogP) is 2.35. The molecule has 2 aromatic rings. The van der Waals surface area contributed by atoms with Crippen molar-refractivity contribution >= 4 is 12.2 Å². The topological polar surface area (TPSA) is 64.5 Å². The number of hydrogen-bond donors (Lipinski definition) is 1. The van der Waals surface area contributed by atoms with E-state index in [2.05, 4.69) is 15.1 Å². The van der Waals surface area contributed by atoms with Crippen LogP contribution in [-0.4, -0.2) is 66.7 Å². The van der Waals surface area contributed by atoms with E-state index in [4.69, 9.17) is 26.4 Å². The molecule has 0 bridgehead atoms. The molecular weight excluding hydrogens is 340 g/mol. The molecule has 1 N–H and O–H groups in total. The number of hydrogen-bond acceptors (Lipinski definition) is 6. The van der Waals surface area contributed by atoms with Crippen molar-refractivity contribution in [3.8, 4) is 22.9 Å². The highest BCUT2D eigenvalue weighted by Crippen LogP contribution is 2.31. The maximum atomic E-state index is 5.41. The molecule has 1 fully saturated rings. The summed E-state index contributed by atoms with van der Waals surface area (Å²) >= 11 is 5.41. The van der Waals surface area contributed by atoms with Crippen molar-refractivity contribution < 1.29 is 14.2 Å². The Hall–Kier alpha value is -1.90. The summed E-state index contributed by atoms with van der Waals surface area (Å²) in [5, 5.41) is 7.30. The van der Waals surface area contributed by atoms with Crippen molar-refractivity contribution in [3.63, 3.8) is 0 Å². The van der Waals surface area contributed by atoms with Gasteiger partial charge < -0.3 is 18.8 Å². The fourth-order valence-corrected chi connectivity index (χ4v) is 3.22. The molecular formula is C17H24N4O3S. The van der Waals surface area contributed by atoms with E-state index in [9.17, 15) is 0 Å². The van der Waals surface area contributed by atoms with Gasteiger partial charge in [0.15, 0.2) is 22.1 Å². The highest BCUT2D eigenvalue weighted by atomic mass is 32.1. The minimum atomic E-state index is 0.631. The maximum absolute atomic E-state index is 5.41. The number of aromatic nitrogens is 3. The number of nitrogens with one attached hydrogen (secondary N) is 1. The molecule has 0 amide bonds. The molecule has 25 heavy (non-hydrogen) atoms. The Labute approximate surface area is 152 Å². The van der Waals surface area contributed by atoms with Crippen LogP contribution in [0.2, 0.25) is 0 Å². The summed E-state index contributed by atoms with van der Waals surface area (Å²) in [6.07, 6.45) is 1.01. The number of H-pyrrole nitrogens is 1. The summed E-state index contributed by atoms with van der Waals surface area (Å²) in [6.45, 7) is 5.49. The third-order valence-electron chi connectivity index (χ3n) is 4.36. The van der Waals surface area contributed by atoms with Crippen LogP contribution in [-0.2, 0) is 11.3 Å². The number of rotatable bonds is 7. The molecule has 1 aromatic carbocycles. The average molecular weight is 364 g/mol. The number of nitrogens with zero attached hydrogens (tertiary/aromatic N) is 3. The van der Waals surface area contributed by atoms with E-state index in [-0.39, 0.29) is 0 Å². The first-order valence-corrected chi connectivity index (χ1v) is 8.81. The lowest BCUT2D eigenvalue weighted by Crippen LogP contribution is -2.37. The summed E-state index contributed by atoms with van der Waals surface area (Å²) in [4.78, 5) is 2.42. The van der Waals surface area contributed by atoms with E-state index >= 15 is 0 Å². The molecule has 0 unspecified atom stereocenters. The second-order valence-corrected chi connectivity index (χ2v) is 6.27. The van der Waals surface area contributed by atoms with E-state index in [1.54, 1.807) is 14.2 Å². The zero-order chi connectivity index (χ0) is 17.6. The second kappa shape index (κ2) is 8.46. The van der Waals surface area contributed by atoms with Gasteiger partial charge in [0.25, 0.3) is 0 Å². The van der Waals surface area contributed by atoms with Gasteiger partial charge in [-0.15, -0.1) is 0 Å². The van der Waals surface area contributed by atoms with Crippen molar-refractivity contribution in [1.82, 2.24) is 19.7 Å². The predicted molar refractivity (Wildman–Crippen MR) is 97.8 cm³/mol. The number of aromatic amines is 1. The number of benzene rings is 1. The number of morpholine rings is 1. The lowest BCUT2D eigenvalue weighted by molar-refractivity contribution is 0.0369. The normalized spacial score (nSPS) is 15.3. The Morgan fingerprint density at radius 3 is 2.64 bits per heavy atom. The summed E-state index contributed by atoms with van der Waals surface area (Å²) in [6, 6.07) is 5.76. The van der Waals surface area contributed by atoms with Crippen molar-refractivity contribution in [3.05, 3.63) is 23.0 Å². The van der Waals surface area contributed by atoms with E-state index in [1.807, 2.05) is 22.8 Å². The summed E-state index contributed by atoms with van der Waals surface area (Å²) in [7, 11) is 3.25. The average Bonchev–Trinajstić information content (AvgIpc) is 3.02. The molecule has 136 valence electrons. The Balaban J connectivity index is 1.74. The quantitative estimate of drug-likeness (QED) is 0.761. The second-order valence-electron chi connectivity index (χ2n) is 5.88. The van der Waals surface area contributed by atoms with Gasteiger partial charge in [0.1, 0.15) is 0 Å². The maximum Gasteiger partial charge on any atom is 0.195 e. The van der Waals surface area contributed by atoms with Crippen LogP contribution in [0.1, 0.15) is 6.42 Å². The van der Waals surface area contributed by atoms with E-state index in [1.165, 1.54) is 0 Å². The van der Waals surface area contributed by atoms with Crippen LogP contribution >= 0.6 is 12.2 Å². The minimum absolute atomic E-state index is 0.631. The molecule has 0 spiro atoms. The van der Waals surface area contributed by atoms with Gasteiger partial charge in [-0.3, -0.25) is 10.00 Å². The molecule has 1 aliphatic heterocycles. The zero-order valence-corrected chi connectivity index (χ0v) is 15.5. The van der Waals surface area contributed by atoms with Crippen molar-refractivity contribution in [2.75, 3.05) is 47.1 Å². The molecule has 2 heterocycles. The van der Waals surface area contributed by atoms with Crippen molar-refractivity contribution in [1.29, 1.82) is 0 Å². The molecule has 0 aliphatic carbocycles. The number of ether oxygens (including phenoxy) is 3. The molecule has 7 nitrogen and oxygen atoms in total. The molecule has 8 heteroatoms. The summed E-state index contributed by atoms with van der Waals surface area (Å²) in [5.41, 5.74) is 0.941. The Morgan fingerprint density at radius 2 is 1.92 bits per heavy atom. The molecule has 0 radical (unpaired) electrons. The fourth-order valence-electron chi connectivity index (χ4n) is 3.00. The van der Waals surface area contributed by atoms with Crippen LogP contribution in [0.25, 0.3) is 11.4 Å². The molecule has 3 rings (SSSR count). The highest BCUT2D eigenvalue weighted by molar-refractivity contribution is 7.71. The van der Waals surface area contributed by atoms with Gasteiger partial charge in [-0.1, -0.05) is 0 Å². The first kappa shape index (κ1) is 17.9. The zero-order valence-electron chi connectivity index (χ0n) is 14.7. The van der Waals surface area contributed by atoms with Crippen molar-refractivity contribution in [2.45, 2.75) is 13.0 Å². The molecule has 1 aromatic heterocycles. The third-order valence-corrected chi connectivity index (χ3v) is 4.67. The monoisotopic (exact) mass is 364 g/mol. The Kier molecular flexibility index (Phi) is 6.06. The first-order valence-electron chi connectivity index (χ1n) is 8.40. The van der Waals surface area contributed by atoms with E-state index in [0.29, 0.717) is 16.3 Å². The molecule has 1 saturated heterocycles. The Bertz CT molecular complexity index is 753. The van der Waals surface area contributed by atoms with Gasteiger partial charge in [-0.25, -0.2) is 0 Å². The number of methoxy groups -OCH3 is 2. The van der Waals surface area contributed by atoms with Gasteiger partial charge in [-0.2, -0.15) is 5.10 Å². The fraction of sp³-hybridized carbons (Fsp3) is 0.529.